The normalized spacial score (nSPS) is 30.9. The zero-order chi connectivity index (χ0) is 24.5. The van der Waals surface area contributed by atoms with Crippen molar-refractivity contribution in [1.29, 1.82) is 0 Å². The Kier molecular flexibility index (Phi) is 7.63. The molecule has 11 heteroatoms. The van der Waals surface area contributed by atoms with Gasteiger partial charge in [0.2, 0.25) is 10.0 Å². The lowest BCUT2D eigenvalue weighted by Crippen LogP contribution is -2.50. The second-order valence-electron chi connectivity index (χ2n) is 9.49. The summed E-state index contributed by atoms with van der Waals surface area (Å²) in [5.74, 6) is -1.36. The van der Waals surface area contributed by atoms with E-state index in [0.29, 0.717) is 37.7 Å². The van der Waals surface area contributed by atoms with Crippen LogP contribution in [0.1, 0.15) is 56.9 Å². The van der Waals surface area contributed by atoms with Crippen molar-refractivity contribution in [2.75, 3.05) is 26.1 Å². The van der Waals surface area contributed by atoms with Crippen LogP contribution in [0.4, 0.5) is 13.6 Å². The quantitative estimate of drug-likeness (QED) is 0.667. The molecule has 3 heterocycles. The van der Waals surface area contributed by atoms with E-state index in [1.807, 2.05) is 6.92 Å². The highest BCUT2D eigenvalue weighted by molar-refractivity contribution is 7.88. The third-order valence-electron chi connectivity index (χ3n) is 6.89. The molecule has 1 saturated heterocycles. The Morgan fingerprint density at radius 3 is 2.50 bits per heavy atom. The van der Waals surface area contributed by atoms with Crippen molar-refractivity contribution in [3.8, 4) is 5.75 Å². The molecule has 0 aromatic heterocycles. The number of ether oxygens (including phenoxy) is 3. The highest BCUT2D eigenvalue weighted by Crippen LogP contribution is 2.38. The molecule has 0 spiro atoms. The first-order valence-electron chi connectivity index (χ1n) is 11.8. The number of benzene rings is 1. The zero-order valence-corrected chi connectivity index (χ0v) is 20.3. The monoisotopic (exact) mass is 502 g/mol. The van der Waals surface area contributed by atoms with Gasteiger partial charge in [0.25, 0.3) is 0 Å². The van der Waals surface area contributed by atoms with Gasteiger partial charge in [-0.15, -0.1) is 0 Å². The fourth-order valence-corrected chi connectivity index (χ4v) is 6.11. The van der Waals surface area contributed by atoms with Gasteiger partial charge in [0.05, 0.1) is 38.2 Å². The summed E-state index contributed by atoms with van der Waals surface area (Å²) in [7, 11) is -3.49. The molecule has 1 aromatic rings. The highest BCUT2D eigenvalue weighted by atomic mass is 32.2. The number of nitrogens with zero attached hydrogens (tertiary/aromatic N) is 1. The maximum atomic E-state index is 15.0. The summed E-state index contributed by atoms with van der Waals surface area (Å²) in [5.41, 5.74) is 0.317. The van der Waals surface area contributed by atoms with Crippen LogP contribution in [-0.4, -0.2) is 69.7 Å². The van der Waals surface area contributed by atoms with Gasteiger partial charge in [-0.3, -0.25) is 4.90 Å². The van der Waals surface area contributed by atoms with E-state index >= 15 is 4.39 Å². The Balaban J connectivity index is 1.55. The van der Waals surface area contributed by atoms with E-state index in [0.717, 1.165) is 12.3 Å². The molecule has 4 bridgehead atoms. The SMILES string of the molecule is C[C@@H]1C[C@H](NS(C)(=O)=O)C2COC3CCC(CC3)c3cc(F)cc(c3F)OCCCOC(=O)N21. The molecule has 1 aliphatic carbocycles. The minimum Gasteiger partial charge on any atom is -0.490 e. The third kappa shape index (κ3) is 5.80. The number of halogens is 2. The number of hydrogen-bond acceptors (Lipinski definition) is 6. The summed E-state index contributed by atoms with van der Waals surface area (Å²) >= 11 is 0. The van der Waals surface area contributed by atoms with E-state index in [1.165, 1.54) is 6.07 Å². The van der Waals surface area contributed by atoms with Crippen LogP contribution in [0.5, 0.6) is 5.75 Å². The van der Waals surface area contributed by atoms with E-state index in [9.17, 15) is 17.6 Å². The highest BCUT2D eigenvalue weighted by Gasteiger charge is 2.44. The van der Waals surface area contributed by atoms with Crippen molar-refractivity contribution in [2.24, 2.45) is 0 Å². The number of fused-ring (bicyclic) bond motifs is 8. The van der Waals surface area contributed by atoms with Gasteiger partial charge in [-0.05, 0) is 56.6 Å². The van der Waals surface area contributed by atoms with Crippen molar-refractivity contribution in [3.05, 3.63) is 29.3 Å². The predicted octanol–water partition coefficient (Wildman–Crippen LogP) is 3.31. The largest absolute Gasteiger partial charge is 0.490 e. The van der Waals surface area contributed by atoms with Gasteiger partial charge < -0.3 is 14.2 Å². The first-order valence-corrected chi connectivity index (χ1v) is 13.7. The average molecular weight is 503 g/mol. The molecule has 1 aromatic carbocycles. The topological polar surface area (TPSA) is 94.2 Å². The van der Waals surface area contributed by atoms with E-state index in [2.05, 4.69) is 4.72 Å². The summed E-state index contributed by atoms with van der Waals surface area (Å²) in [6.07, 6.45) is 3.70. The third-order valence-corrected chi connectivity index (χ3v) is 7.62. The molecule has 0 radical (unpaired) electrons. The molecule has 3 atom stereocenters. The molecule has 3 aliphatic heterocycles. The molecule has 1 N–H and O–H groups in total. The maximum absolute atomic E-state index is 15.0. The van der Waals surface area contributed by atoms with E-state index in [1.54, 1.807) is 4.90 Å². The number of hydrogen-bond donors (Lipinski definition) is 1. The Bertz CT molecular complexity index is 999. The molecular weight excluding hydrogens is 470 g/mol. The second kappa shape index (κ2) is 10.3. The van der Waals surface area contributed by atoms with Crippen molar-refractivity contribution >= 4 is 16.1 Å². The molecule has 190 valence electrons. The summed E-state index contributed by atoms with van der Waals surface area (Å²) < 4.78 is 72.7. The van der Waals surface area contributed by atoms with Crippen LogP contribution < -0.4 is 9.46 Å². The minimum atomic E-state index is -3.49. The van der Waals surface area contributed by atoms with Gasteiger partial charge in [-0.2, -0.15) is 0 Å². The Labute approximate surface area is 199 Å². The average Bonchev–Trinajstić information content (AvgIpc) is 3.06. The Hall–Kier alpha value is -1.98. The van der Waals surface area contributed by atoms with Crippen molar-refractivity contribution < 1.29 is 36.2 Å². The van der Waals surface area contributed by atoms with Crippen LogP contribution in [0.3, 0.4) is 0 Å². The predicted molar refractivity (Wildman–Crippen MR) is 120 cm³/mol. The maximum Gasteiger partial charge on any atom is 0.410 e. The van der Waals surface area contributed by atoms with Crippen LogP contribution in [0.25, 0.3) is 0 Å². The van der Waals surface area contributed by atoms with E-state index < -0.39 is 39.8 Å². The van der Waals surface area contributed by atoms with E-state index in [-0.39, 0.29) is 50.1 Å². The van der Waals surface area contributed by atoms with Gasteiger partial charge in [0.1, 0.15) is 5.82 Å². The number of carbonyl (C=O) groups is 1. The number of rotatable bonds is 2. The lowest BCUT2D eigenvalue weighted by atomic mass is 9.82. The smallest absolute Gasteiger partial charge is 0.410 e. The van der Waals surface area contributed by atoms with Crippen LogP contribution in [0.15, 0.2) is 12.1 Å². The first kappa shape index (κ1) is 25.1. The van der Waals surface area contributed by atoms with Crippen molar-refractivity contribution in [2.45, 2.75) is 75.6 Å². The molecular formula is C23H32F2N2O6S. The van der Waals surface area contributed by atoms with Crippen molar-refractivity contribution in [1.82, 2.24) is 9.62 Å². The summed E-state index contributed by atoms with van der Waals surface area (Å²) in [5, 5.41) is 0. The van der Waals surface area contributed by atoms with Gasteiger partial charge in [-0.1, -0.05) is 0 Å². The molecule has 1 unspecified atom stereocenters. The van der Waals surface area contributed by atoms with Gasteiger partial charge in [0, 0.05) is 24.6 Å². The fourth-order valence-electron chi connectivity index (χ4n) is 5.31. The zero-order valence-electron chi connectivity index (χ0n) is 19.5. The van der Waals surface area contributed by atoms with Gasteiger partial charge in [-0.25, -0.2) is 26.7 Å². The van der Waals surface area contributed by atoms with Crippen LogP contribution in [0, 0.1) is 11.6 Å². The lowest BCUT2D eigenvalue weighted by Gasteiger charge is -2.33. The molecule has 8 nitrogen and oxygen atoms in total. The van der Waals surface area contributed by atoms with Crippen molar-refractivity contribution in [3.63, 3.8) is 0 Å². The number of nitrogens with one attached hydrogen (secondary N) is 1. The number of carbonyl (C=O) groups excluding carboxylic acids is 1. The van der Waals surface area contributed by atoms with E-state index in [4.69, 9.17) is 14.2 Å². The molecule has 5 rings (SSSR count). The number of amides is 1. The standard InChI is InChI=1S/C23H32F2N2O6S/c1-14-10-19(26-34(2,29)30)20-13-33-17-6-4-15(5-7-17)18-11-16(24)12-21(22(18)25)31-8-3-9-32-23(28)27(14)20/h11-12,14-15,17,19-20,26H,3-10,13H2,1-2H3/t14-,15?,17?,19+,20?/m1/s1. The summed E-state index contributed by atoms with van der Waals surface area (Å²) in [6.45, 7) is 2.08. The summed E-state index contributed by atoms with van der Waals surface area (Å²) in [4.78, 5) is 14.4. The molecule has 2 fully saturated rings. The fraction of sp³-hybridized carbons (Fsp3) is 0.696. The van der Waals surface area contributed by atoms with Crippen LogP contribution in [-0.2, 0) is 19.5 Å². The van der Waals surface area contributed by atoms with Gasteiger partial charge >= 0.3 is 6.09 Å². The first-order chi connectivity index (χ1) is 16.1. The Morgan fingerprint density at radius 1 is 1.09 bits per heavy atom. The van der Waals surface area contributed by atoms with Crippen LogP contribution in [0.2, 0.25) is 0 Å². The second-order valence-corrected chi connectivity index (χ2v) is 11.3. The van der Waals surface area contributed by atoms with Crippen LogP contribution >= 0.6 is 0 Å². The molecule has 1 saturated carbocycles. The molecule has 1 amide bonds. The molecule has 4 aliphatic rings. The lowest BCUT2D eigenvalue weighted by molar-refractivity contribution is -0.0106. The number of sulfonamides is 1. The minimum absolute atomic E-state index is 0.0227. The summed E-state index contributed by atoms with van der Waals surface area (Å²) in [6, 6.07) is 1.04. The van der Waals surface area contributed by atoms with Gasteiger partial charge in [0.15, 0.2) is 11.6 Å². The molecule has 34 heavy (non-hydrogen) atoms. The Morgan fingerprint density at radius 2 is 1.79 bits per heavy atom.